The number of hydrogen-bond acceptors (Lipinski definition) is 15. The summed E-state index contributed by atoms with van der Waals surface area (Å²) in [5.41, 5.74) is -2.71. The Morgan fingerprint density at radius 2 is 1.62 bits per heavy atom. The van der Waals surface area contributed by atoms with Gasteiger partial charge in [0.05, 0.1) is 35.9 Å². The normalized spacial score (nSPS) is 36.6. The van der Waals surface area contributed by atoms with Crippen LogP contribution in [-0.4, -0.2) is 133 Å². The van der Waals surface area contributed by atoms with Crippen molar-refractivity contribution in [3.63, 3.8) is 0 Å². The highest BCUT2D eigenvalue weighted by molar-refractivity contribution is 5.83. The Morgan fingerprint density at radius 1 is 0.983 bits per heavy atom. The lowest BCUT2D eigenvalue weighted by molar-refractivity contribution is -0.304. The molecule has 2 saturated heterocycles. The van der Waals surface area contributed by atoms with E-state index in [9.17, 15) is 34.2 Å². The number of ketones is 1. The number of Topliss-reactive ketones (excluding diaryl/α,β-unsaturated/α-hetero) is 1. The number of rotatable bonds is 11. The Hall–Kier alpha value is -3.67. The van der Waals surface area contributed by atoms with Crippen molar-refractivity contribution in [2.24, 2.45) is 23.7 Å². The summed E-state index contributed by atoms with van der Waals surface area (Å²) in [5, 5.41) is 25.4. The molecule has 2 fully saturated rings. The summed E-state index contributed by atoms with van der Waals surface area (Å²) in [6, 6.07) is 8.63. The number of aliphatic hydroxyl groups excluding tert-OH is 1. The van der Waals surface area contributed by atoms with Crippen LogP contribution in [-0.2, 0) is 58.9 Å². The number of nitrogens with zero attached hydrogens (tertiary/aromatic N) is 1. The van der Waals surface area contributed by atoms with E-state index in [1.165, 1.54) is 34.8 Å². The van der Waals surface area contributed by atoms with Crippen LogP contribution in [0.3, 0.4) is 0 Å². The Bertz CT molecular complexity index is 1540. The number of benzene rings is 1. The van der Waals surface area contributed by atoms with E-state index >= 15 is 0 Å². The minimum atomic E-state index is -2.05. The summed E-state index contributed by atoms with van der Waals surface area (Å²) >= 11 is 0. The van der Waals surface area contributed by atoms with Gasteiger partial charge in [-0.05, 0) is 66.6 Å². The van der Waals surface area contributed by atoms with Gasteiger partial charge in [0.2, 0.25) is 0 Å². The van der Waals surface area contributed by atoms with Crippen LogP contribution in [0.1, 0.15) is 87.1 Å². The number of methoxy groups -OCH3 is 1. The van der Waals surface area contributed by atoms with E-state index < -0.39 is 108 Å². The second-order valence-corrected chi connectivity index (χ2v) is 16.5. The van der Waals surface area contributed by atoms with E-state index in [-0.39, 0.29) is 31.6 Å². The average Bonchev–Trinajstić information content (AvgIpc) is 3.18. The number of aliphatic hydroxyl groups is 2. The zero-order valence-electron chi connectivity index (χ0n) is 36.1. The van der Waals surface area contributed by atoms with Crippen molar-refractivity contribution in [3.8, 4) is 0 Å². The quantitative estimate of drug-likeness (QED) is 0.216. The van der Waals surface area contributed by atoms with Gasteiger partial charge in [-0.25, -0.2) is 4.79 Å². The first-order valence-electron chi connectivity index (χ1n) is 20.1. The molecule has 16 heteroatoms. The number of cyclic esters (lactones) is 1. The van der Waals surface area contributed by atoms with Crippen LogP contribution in [0.5, 0.6) is 0 Å². The fourth-order valence-electron chi connectivity index (χ4n) is 8.20. The van der Waals surface area contributed by atoms with Crippen LogP contribution in [0.2, 0.25) is 0 Å². The molecule has 3 rings (SSSR count). The number of ether oxygens (including phenoxy) is 7. The molecule has 14 atom stereocenters. The predicted molar refractivity (Wildman–Crippen MR) is 210 cm³/mol. The van der Waals surface area contributed by atoms with Crippen molar-refractivity contribution in [1.82, 2.24) is 10.2 Å². The molecule has 3 N–H and O–H groups in total. The number of carbonyl (C=O) groups is 5. The first kappa shape index (κ1) is 48.7. The van der Waals surface area contributed by atoms with Crippen molar-refractivity contribution in [2.45, 2.75) is 148 Å². The summed E-state index contributed by atoms with van der Waals surface area (Å²) in [6.45, 7) is 13.5. The van der Waals surface area contributed by atoms with Crippen LogP contribution in [0.4, 0.5) is 4.79 Å². The summed E-state index contributed by atoms with van der Waals surface area (Å²) in [6.07, 6.45) is -8.17. The van der Waals surface area contributed by atoms with Gasteiger partial charge in [-0.1, -0.05) is 58.0 Å². The van der Waals surface area contributed by atoms with Gasteiger partial charge in [0.25, 0.3) is 0 Å². The second-order valence-electron chi connectivity index (χ2n) is 16.5. The van der Waals surface area contributed by atoms with Crippen molar-refractivity contribution in [2.75, 3.05) is 27.7 Å². The Kier molecular flexibility index (Phi) is 17.7. The zero-order valence-corrected chi connectivity index (χ0v) is 36.1. The lowest BCUT2D eigenvalue weighted by Gasteiger charge is -2.49. The maximum Gasteiger partial charge on any atom is 0.407 e. The maximum atomic E-state index is 14.1. The molecule has 0 saturated carbocycles. The minimum Gasteiger partial charge on any atom is -0.460 e. The summed E-state index contributed by atoms with van der Waals surface area (Å²) < 4.78 is 42.4. The van der Waals surface area contributed by atoms with E-state index in [0.29, 0.717) is 6.42 Å². The number of alkyl carbamates (subject to hydrolysis) is 1. The third-order valence-electron chi connectivity index (χ3n) is 11.6. The zero-order chi connectivity index (χ0) is 43.7. The van der Waals surface area contributed by atoms with Gasteiger partial charge in [-0.15, -0.1) is 0 Å². The van der Waals surface area contributed by atoms with Crippen LogP contribution >= 0.6 is 0 Å². The molecule has 0 aliphatic carbocycles. The Balaban J connectivity index is 2.13. The average molecular weight is 823 g/mol. The fraction of sp³-hybridized carbons (Fsp3) is 0.738. The van der Waals surface area contributed by atoms with Gasteiger partial charge in [0.1, 0.15) is 36.7 Å². The number of likely N-dealkylation sites (N-methyl/N-ethyl adjacent to an activating group) is 1. The molecular formula is C42H66N2O14. The maximum absolute atomic E-state index is 14.1. The topological polar surface area (TPSA) is 206 Å². The first-order valence-corrected chi connectivity index (χ1v) is 20.1. The van der Waals surface area contributed by atoms with E-state index in [0.717, 1.165) is 5.56 Å². The Morgan fingerprint density at radius 3 is 2.19 bits per heavy atom. The summed E-state index contributed by atoms with van der Waals surface area (Å²) in [7, 11) is 5.12. The number of hydrogen-bond donors (Lipinski definition) is 3. The van der Waals surface area contributed by atoms with Crippen LogP contribution in [0, 0.1) is 23.7 Å². The Labute approximate surface area is 342 Å². The van der Waals surface area contributed by atoms with Crippen molar-refractivity contribution < 1.29 is 67.3 Å². The smallest absolute Gasteiger partial charge is 0.407 e. The molecule has 0 aromatic heterocycles. The fourth-order valence-corrected chi connectivity index (χ4v) is 8.20. The molecule has 16 nitrogen and oxygen atoms in total. The van der Waals surface area contributed by atoms with Gasteiger partial charge in [0, 0.05) is 31.8 Å². The van der Waals surface area contributed by atoms with Crippen LogP contribution in [0.15, 0.2) is 30.3 Å². The molecular weight excluding hydrogens is 756 g/mol. The van der Waals surface area contributed by atoms with E-state index in [4.69, 9.17) is 33.2 Å². The lowest BCUT2D eigenvalue weighted by Crippen LogP contribution is -2.61. The van der Waals surface area contributed by atoms with E-state index in [1.807, 2.05) is 32.0 Å². The second kappa shape index (κ2) is 21.0. The monoisotopic (exact) mass is 822 g/mol. The van der Waals surface area contributed by atoms with Crippen LogP contribution < -0.4 is 5.32 Å². The molecule has 0 bridgehead atoms. The van der Waals surface area contributed by atoms with Crippen molar-refractivity contribution in [1.29, 1.82) is 0 Å². The molecule has 2 aliphatic rings. The molecule has 2 aliphatic heterocycles. The first-order chi connectivity index (χ1) is 27.1. The van der Waals surface area contributed by atoms with Crippen molar-refractivity contribution in [3.05, 3.63) is 35.9 Å². The highest BCUT2D eigenvalue weighted by atomic mass is 16.7. The largest absolute Gasteiger partial charge is 0.460 e. The molecule has 1 aromatic carbocycles. The minimum absolute atomic E-state index is 0.000329. The molecule has 1 amide bonds. The number of esters is 3. The summed E-state index contributed by atoms with van der Waals surface area (Å²) in [4.78, 5) is 68.7. The number of amides is 1. The third kappa shape index (κ3) is 12.2. The van der Waals surface area contributed by atoms with Gasteiger partial charge >= 0.3 is 24.0 Å². The van der Waals surface area contributed by atoms with E-state index in [2.05, 4.69) is 5.32 Å². The third-order valence-corrected chi connectivity index (χ3v) is 11.6. The molecule has 1 aromatic rings. The molecule has 58 heavy (non-hydrogen) atoms. The van der Waals surface area contributed by atoms with E-state index in [1.54, 1.807) is 52.0 Å². The van der Waals surface area contributed by atoms with Gasteiger partial charge in [-0.2, -0.15) is 0 Å². The van der Waals surface area contributed by atoms with Gasteiger partial charge in [-0.3, -0.25) is 19.2 Å². The molecule has 2 heterocycles. The number of nitrogens with one attached hydrogen (secondary N) is 1. The molecule has 328 valence electrons. The SMILES string of the molecule is CC[C@H]1OC(=O)[C@H](C)[C@@H](OC(=O)CNC(=O)OCc2ccccc2)[C@H](C)[C@@H](O[C@@H]2O[C@H](C)C[C@H](N(C)C)[C@H]2OC(C)=O)[C@](C)(OC)C[C@@H](C)C(=O)[C@H](C)[C@@H](O)[C@]1(C)O. The summed E-state index contributed by atoms with van der Waals surface area (Å²) in [5.74, 6) is -6.83. The highest BCUT2D eigenvalue weighted by Gasteiger charge is 2.53. The van der Waals surface area contributed by atoms with Gasteiger partial charge < -0.3 is 53.6 Å². The molecule has 0 unspecified atom stereocenters. The highest BCUT2D eigenvalue weighted by Crippen LogP contribution is 2.40. The predicted octanol–water partition coefficient (Wildman–Crippen LogP) is 3.56. The molecule has 0 spiro atoms. The lowest BCUT2D eigenvalue weighted by atomic mass is 9.74. The van der Waals surface area contributed by atoms with Gasteiger partial charge in [0.15, 0.2) is 12.4 Å². The molecule has 0 radical (unpaired) electrons. The standard InChI is InChI=1S/C42H66N2O14/c1-13-31-42(9,51)36(48)25(4)33(47)23(2)20-41(8,52-12)37(58-39-35(55-28(7)45)30(44(10)11)19-24(3)54-39)26(5)34(27(6)38(49)56-31)57-32(46)21-43-40(50)53-22-29-17-15-14-16-18-29/h14-18,23-27,30-31,34-37,39,48,51H,13,19-22H2,1-12H3,(H,43,50)/t23-,24-,25+,26+,27-,30+,31-,34+,35-,36-,37-,39+,41-,42-/m1/s1. The van der Waals surface area contributed by atoms with Crippen LogP contribution in [0.25, 0.3) is 0 Å². The van der Waals surface area contributed by atoms with Crippen molar-refractivity contribution >= 4 is 29.8 Å². The number of carbonyl (C=O) groups excluding carboxylic acids is 5.